The fraction of sp³-hybridized carbons (Fsp3) is 0.467. The number of hydrogen-bond donors (Lipinski definition) is 2. The van der Waals surface area contributed by atoms with E-state index in [9.17, 15) is 8.78 Å². The van der Waals surface area contributed by atoms with E-state index in [2.05, 4.69) is 16.0 Å². The Morgan fingerprint density at radius 2 is 2.10 bits per heavy atom. The molecule has 0 radical (unpaired) electrons. The predicted molar refractivity (Wildman–Crippen MR) is 74.6 cm³/mol. The van der Waals surface area contributed by atoms with Gasteiger partial charge >= 0.3 is 0 Å². The number of fused-ring (bicyclic) bond motifs is 1. The van der Waals surface area contributed by atoms with Crippen molar-refractivity contribution >= 4 is 11.0 Å². The topological polar surface area (TPSA) is 78.5 Å². The molecule has 1 heterocycles. The van der Waals surface area contributed by atoms with Crippen LogP contribution in [-0.4, -0.2) is 15.9 Å². The van der Waals surface area contributed by atoms with E-state index in [4.69, 9.17) is 11.0 Å². The number of nitriles is 1. The van der Waals surface area contributed by atoms with Gasteiger partial charge in [-0.15, -0.1) is 0 Å². The molecule has 110 valence electrons. The van der Waals surface area contributed by atoms with Gasteiger partial charge < -0.3 is 10.7 Å². The normalized spacial score (nSPS) is 20.3. The molecule has 0 bridgehead atoms. The van der Waals surface area contributed by atoms with Crippen molar-refractivity contribution in [3.63, 3.8) is 0 Å². The molecule has 0 amide bonds. The molecule has 1 fully saturated rings. The second kappa shape index (κ2) is 5.08. The molecule has 1 aliphatic rings. The Labute approximate surface area is 121 Å². The zero-order chi connectivity index (χ0) is 15.0. The van der Waals surface area contributed by atoms with E-state index in [1.54, 1.807) is 18.2 Å². The van der Waals surface area contributed by atoms with Crippen LogP contribution < -0.4 is 5.73 Å². The van der Waals surface area contributed by atoms with Crippen LogP contribution in [0.25, 0.3) is 11.0 Å². The highest BCUT2D eigenvalue weighted by molar-refractivity contribution is 5.76. The van der Waals surface area contributed by atoms with Gasteiger partial charge in [0.2, 0.25) is 5.92 Å². The van der Waals surface area contributed by atoms with Gasteiger partial charge in [-0.05, 0) is 37.0 Å². The molecule has 1 atom stereocenters. The zero-order valence-corrected chi connectivity index (χ0v) is 11.4. The number of alkyl halides is 2. The van der Waals surface area contributed by atoms with Crippen molar-refractivity contribution in [1.82, 2.24) is 9.97 Å². The highest BCUT2D eigenvalue weighted by atomic mass is 19.3. The fourth-order valence-electron chi connectivity index (χ4n) is 2.90. The Morgan fingerprint density at radius 3 is 2.76 bits per heavy atom. The maximum atomic E-state index is 13.2. The van der Waals surface area contributed by atoms with E-state index >= 15 is 0 Å². The van der Waals surface area contributed by atoms with Crippen molar-refractivity contribution < 1.29 is 8.78 Å². The molecule has 1 aromatic heterocycles. The van der Waals surface area contributed by atoms with Crippen molar-refractivity contribution in [2.75, 3.05) is 0 Å². The molecular weight excluding hydrogens is 274 g/mol. The van der Waals surface area contributed by atoms with Gasteiger partial charge in [-0.2, -0.15) is 5.26 Å². The van der Waals surface area contributed by atoms with Gasteiger partial charge in [-0.1, -0.05) is 0 Å². The van der Waals surface area contributed by atoms with Crippen LogP contribution in [0, 0.1) is 17.2 Å². The average molecular weight is 290 g/mol. The van der Waals surface area contributed by atoms with Crippen LogP contribution >= 0.6 is 0 Å². The quantitative estimate of drug-likeness (QED) is 0.891. The minimum atomic E-state index is -2.55. The van der Waals surface area contributed by atoms with Crippen molar-refractivity contribution in [2.45, 2.75) is 37.6 Å². The third-order valence-corrected chi connectivity index (χ3v) is 4.21. The molecule has 3 rings (SSSR count). The highest BCUT2D eigenvalue weighted by Gasteiger charge is 2.37. The lowest BCUT2D eigenvalue weighted by molar-refractivity contribution is -0.0486. The van der Waals surface area contributed by atoms with Gasteiger partial charge in [-0.25, -0.2) is 13.8 Å². The predicted octanol–water partition coefficient (Wildman–Crippen LogP) is 3.26. The van der Waals surface area contributed by atoms with Gasteiger partial charge in [0, 0.05) is 12.8 Å². The minimum Gasteiger partial charge on any atom is -0.341 e. The molecule has 4 nitrogen and oxygen atoms in total. The summed E-state index contributed by atoms with van der Waals surface area (Å²) < 4.78 is 26.4. The van der Waals surface area contributed by atoms with E-state index in [0.717, 1.165) is 11.0 Å². The summed E-state index contributed by atoms with van der Waals surface area (Å²) in [6.07, 6.45) is 0.609. The van der Waals surface area contributed by atoms with E-state index < -0.39 is 5.92 Å². The van der Waals surface area contributed by atoms with Gasteiger partial charge in [0.15, 0.2) is 0 Å². The summed E-state index contributed by atoms with van der Waals surface area (Å²) >= 11 is 0. The van der Waals surface area contributed by atoms with Gasteiger partial charge in [-0.3, -0.25) is 0 Å². The first-order valence-corrected chi connectivity index (χ1v) is 7.02. The number of hydrogen-bond acceptors (Lipinski definition) is 3. The van der Waals surface area contributed by atoms with Crippen LogP contribution in [0.3, 0.4) is 0 Å². The fourth-order valence-corrected chi connectivity index (χ4v) is 2.90. The van der Waals surface area contributed by atoms with Crippen molar-refractivity contribution in [3.8, 4) is 6.07 Å². The molecule has 1 saturated carbocycles. The van der Waals surface area contributed by atoms with E-state index in [1.807, 2.05) is 0 Å². The Kier molecular flexibility index (Phi) is 3.38. The number of aromatic nitrogens is 2. The average Bonchev–Trinajstić information content (AvgIpc) is 2.89. The summed E-state index contributed by atoms with van der Waals surface area (Å²) in [6, 6.07) is 6.86. The Hall–Kier alpha value is -2.00. The Balaban J connectivity index is 1.82. The van der Waals surface area contributed by atoms with Crippen LogP contribution in [0.4, 0.5) is 8.78 Å². The number of nitrogens with zero attached hydrogens (tertiary/aromatic N) is 2. The molecule has 3 N–H and O–H groups in total. The first-order valence-electron chi connectivity index (χ1n) is 7.02. The molecule has 1 aliphatic carbocycles. The molecule has 2 aromatic rings. The number of halogens is 2. The number of H-pyrrole nitrogens is 1. The lowest BCUT2D eigenvalue weighted by Crippen LogP contribution is -2.31. The summed E-state index contributed by atoms with van der Waals surface area (Å²) in [4.78, 5) is 7.54. The lowest BCUT2D eigenvalue weighted by atomic mass is 9.82. The second-order valence-electron chi connectivity index (χ2n) is 5.68. The summed E-state index contributed by atoms with van der Waals surface area (Å²) in [5, 5.41) is 8.89. The molecule has 1 aromatic carbocycles. The number of nitrogens with one attached hydrogen (secondary N) is 1. The maximum absolute atomic E-state index is 13.2. The number of imidazole rings is 1. The number of aromatic amines is 1. The van der Waals surface area contributed by atoms with Crippen LogP contribution in [-0.2, 0) is 0 Å². The number of rotatable bonds is 2. The first-order chi connectivity index (χ1) is 9.98. The highest BCUT2D eigenvalue weighted by Crippen LogP contribution is 2.40. The van der Waals surface area contributed by atoms with E-state index in [0.29, 0.717) is 24.2 Å². The zero-order valence-electron chi connectivity index (χ0n) is 11.4. The summed E-state index contributed by atoms with van der Waals surface area (Å²) in [6.45, 7) is 0. The van der Waals surface area contributed by atoms with Crippen molar-refractivity contribution in [2.24, 2.45) is 11.7 Å². The summed E-state index contributed by atoms with van der Waals surface area (Å²) in [5.74, 6) is -1.93. The standard InChI is InChI=1S/C15H16F2N4/c16-15(17)5-3-10(4-6-15)13(19)14-20-11-2-1-9(8-18)7-12(11)21-14/h1-2,7,10,13H,3-6,19H2,(H,20,21)/t13-/m0/s1. The smallest absolute Gasteiger partial charge is 0.248 e. The number of benzene rings is 1. The number of nitrogens with two attached hydrogens (primary N) is 1. The van der Waals surface area contributed by atoms with Crippen LogP contribution in [0.15, 0.2) is 18.2 Å². The third-order valence-electron chi connectivity index (χ3n) is 4.21. The van der Waals surface area contributed by atoms with Gasteiger partial charge in [0.25, 0.3) is 0 Å². The third kappa shape index (κ3) is 2.74. The van der Waals surface area contributed by atoms with Crippen LogP contribution in [0.2, 0.25) is 0 Å². The monoisotopic (exact) mass is 290 g/mol. The van der Waals surface area contributed by atoms with Crippen LogP contribution in [0.1, 0.15) is 43.1 Å². The molecular formula is C15H16F2N4. The summed E-state index contributed by atoms with van der Waals surface area (Å²) in [7, 11) is 0. The molecule has 21 heavy (non-hydrogen) atoms. The van der Waals surface area contributed by atoms with E-state index in [1.165, 1.54) is 0 Å². The Morgan fingerprint density at radius 1 is 1.38 bits per heavy atom. The van der Waals surface area contributed by atoms with E-state index in [-0.39, 0.29) is 24.8 Å². The molecule has 0 spiro atoms. The molecule has 6 heteroatoms. The molecule has 0 saturated heterocycles. The first kappa shape index (κ1) is 14.0. The molecule has 0 aliphatic heterocycles. The minimum absolute atomic E-state index is 0.0145. The van der Waals surface area contributed by atoms with Crippen molar-refractivity contribution in [1.29, 1.82) is 5.26 Å². The molecule has 0 unspecified atom stereocenters. The summed E-state index contributed by atoms with van der Waals surface area (Å²) in [5.41, 5.74) is 8.22. The largest absolute Gasteiger partial charge is 0.341 e. The second-order valence-corrected chi connectivity index (χ2v) is 5.68. The Bertz CT molecular complexity index is 691. The van der Waals surface area contributed by atoms with Gasteiger partial charge in [0.1, 0.15) is 5.82 Å². The maximum Gasteiger partial charge on any atom is 0.248 e. The van der Waals surface area contributed by atoms with Crippen LogP contribution in [0.5, 0.6) is 0 Å². The lowest BCUT2D eigenvalue weighted by Gasteiger charge is -2.31. The van der Waals surface area contributed by atoms with Gasteiger partial charge in [0.05, 0.1) is 28.7 Å². The SMILES string of the molecule is N#Cc1ccc2nc([C@@H](N)C3CCC(F)(F)CC3)[nH]c2c1. The van der Waals surface area contributed by atoms with Crippen molar-refractivity contribution in [3.05, 3.63) is 29.6 Å².